The molecule has 0 aliphatic rings. The number of hydrogen-bond acceptors (Lipinski definition) is 3. The van der Waals surface area contributed by atoms with Crippen LogP contribution >= 0.6 is 0 Å². The predicted molar refractivity (Wildman–Crippen MR) is 72.6 cm³/mol. The molecule has 0 heterocycles. The van der Waals surface area contributed by atoms with Gasteiger partial charge < -0.3 is 9.84 Å². The van der Waals surface area contributed by atoms with Crippen molar-refractivity contribution in [1.82, 2.24) is 0 Å². The average Bonchev–Trinajstić information content (AvgIpc) is 2.25. The molecule has 2 N–H and O–H groups in total. The Morgan fingerprint density at radius 2 is 1.89 bits per heavy atom. The molecule has 0 spiro atoms. The highest BCUT2D eigenvalue weighted by molar-refractivity contribution is 5.91. The number of carboxylic acids is 1. The Morgan fingerprint density at radius 1 is 1.26 bits per heavy atom. The number of aryl methyl sites for hydroxylation is 1. The number of nitrogens with one attached hydrogen (secondary N) is 1. The first kappa shape index (κ1) is 15.0. The van der Waals surface area contributed by atoms with E-state index in [4.69, 9.17) is 9.84 Å². The van der Waals surface area contributed by atoms with Gasteiger partial charge in [0.25, 0.3) is 0 Å². The summed E-state index contributed by atoms with van der Waals surface area (Å²) in [4.78, 5) is 22.6. The molecule has 0 aliphatic carbocycles. The Labute approximate surface area is 112 Å². The molecule has 0 bridgehead atoms. The van der Waals surface area contributed by atoms with Gasteiger partial charge in [-0.1, -0.05) is 6.92 Å². The first-order valence-corrected chi connectivity index (χ1v) is 6.08. The van der Waals surface area contributed by atoms with Crippen LogP contribution in [0.5, 0.6) is 0 Å². The van der Waals surface area contributed by atoms with E-state index < -0.39 is 17.7 Å². The van der Waals surface area contributed by atoms with Crippen LogP contribution in [-0.2, 0) is 11.2 Å². The van der Waals surface area contributed by atoms with Gasteiger partial charge in [-0.05, 0) is 51.0 Å². The molecule has 0 radical (unpaired) electrons. The lowest BCUT2D eigenvalue weighted by Gasteiger charge is -2.20. The Balaban J connectivity index is 2.91. The van der Waals surface area contributed by atoms with E-state index in [1.54, 1.807) is 32.9 Å². The molecule has 1 aromatic carbocycles. The number of hydrogen-bond donors (Lipinski definition) is 2. The summed E-state index contributed by atoms with van der Waals surface area (Å²) in [6.07, 6.45) is 0.0847. The van der Waals surface area contributed by atoms with Gasteiger partial charge in [0.05, 0.1) is 5.56 Å². The lowest BCUT2D eigenvalue weighted by Crippen LogP contribution is -2.27. The molecule has 5 heteroatoms. The van der Waals surface area contributed by atoms with Gasteiger partial charge in [-0.15, -0.1) is 0 Å². The largest absolute Gasteiger partial charge is 0.478 e. The smallest absolute Gasteiger partial charge is 0.412 e. The normalized spacial score (nSPS) is 10.9. The molecule has 0 atom stereocenters. The van der Waals surface area contributed by atoms with Crippen molar-refractivity contribution in [2.45, 2.75) is 39.7 Å². The Bertz CT molecular complexity index is 489. The van der Waals surface area contributed by atoms with Crippen LogP contribution in [0.3, 0.4) is 0 Å². The van der Waals surface area contributed by atoms with Crippen molar-refractivity contribution in [2.24, 2.45) is 0 Å². The fourth-order valence-corrected chi connectivity index (χ4v) is 1.51. The van der Waals surface area contributed by atoms with Crippen LogP contribution in [0.4, 0.5) is 10.5 Å². The third-order valence-electron chi connectivity index (χ3n) is 2.29. The van der Waals surface area contributed by atoms with Crippen LogP contribution in [-0.4, -0.2) is 22.8 Å². The van der Waals surface area contributed by atoms with Crippen LogP contribution in [0.15, 0.2) is 18.2 Å². The van der Waals surface area contributed by atoms with E-state index in [9.17, 15) is 9.59 Å². The standard InChI is InChI=1S/C14H19NO4/c1-5-9-6-10(12(16)17)8-11(7-9)15-13(18)19-14(2,3)4/h6-8H,5H2,1-4H3,(H,15,18)(H,16,17). The first-order chi connectivity index (χ1) is 8.71. The number of carbonyl (C=O) groups is 2. The van der Waals surface area contributed by atoms with Gasteiger partial charge >= 0.3 is 12.1 Å². The highest BCUT2D eigenvalue weighted by atomic mass is 16.6. The second-order valence-electron chi connectivity index (χ2n) is 5.20. The van der Waals surface area contributed by atoms with Crippen molar-refractivity contribution in [3.8, 4) is 0 Å². The summed E-state index contributed by atoms with van der Waals surface area (Å²) >= 11 is 0. The summed E-state index contributed by atoms with van der Waals surface area (Å²) in [7, 11) is 0. The van der Waals surface area contributed by atoms with Crippen molar-refractivity contribution < 1.29 is 19.4 Å². The SMILES string of the molecule is CCc1cc(NC(=O)OC(C)(C)C)cc(C(=O)O)c1. The Hall–Kier alpha value is -2.04. The molecule has 1 amide bonds. The van der Waals surface area contributed by atoms with E-state index in [1.165, 1.54) is 6.07 Å². The summed E-state index contributed by atoms with van der Waals surface area (Å²) < 4.78 is 5.12. The van der Waals surface area contributed by atoms with Crippen molar-refractivity contribution in [2.75, 3.05) is 5.32 Å². The van der Waals surface area contributed by atoms with Gasteiger partial charge in [0, 0.05) is 5.69 Å². The third-order valence-corrected chi connectivity index (χ3v) is 2.29. The molecular weight excluding hydrogens is 246 g/mol. The number of anilines is 1. The van der Waals surface area contributed by atoms with Gasteiger partial charge in [0.1, 0.15) is 5.60 Å². The maximum absolute atomic E-state index is 11.6. The second kappa shape index (κ2) is 5.73. The van der Waals surface area contributed by atoms with E-state index >= 15 is 0 Å². The van der Waals surface area contributed by atoms with E-state index in [1.807, 2.05) is 6.92 Å². The molecule has 1 rings (SSSR count). The molecular formula is C14H19NO4. The maximum Gasteiger partial charge on any atom is 0.412 e. The molecule has 19 heavy (non-hydrogen) atoms. The van der Waals surface area contributed by atoms with E-state index in [0.29, 0.717) is 12.1 Å². The van der Waals surface area contributed by atoms with Gasteiger partial charge in [0.15, 0.2) is 0 Å². The molecule has 0 saturated carbocycles. The minimum atomic E-state index is -1.03. The highest BCUT2D eigenvalue weighted by Gasteiger charge is 2.17. The molecule has 5 nitrogen and oxygen atoms in total. The lowest BCUT2D eigenvalue weighted by atomic mass is 10.1. The lowest BCUT2D eigenvalue weighted by molar-refractivity contribution is 0.0632. The summed E-state index contributed by atoms with van der Waals surface area (Å²) in [5.74, 6) is -1.03. The number of rotatable bonds is 3. The second-order valence-corrected chi connectivity index (χ2v) is 5.20. The van der Waals surface area contributed by atoms with E-state index in [-0.39, 0.29) is 5.56 Å². The van der Waals surface area contributed by atoms with Crippen molar-refractivity contribution in [1.29, 1.82) is 0 Å². The third kappa shape index (κ3) is 4.99. The van der Waals surface area contributed by atoms with Gasteiger partial charge in [-0.3, -0.25) is 5.32 Å². The molecule has 0 aliphatic heterocycles. The fourth-order valence-electron chi connectivity index (χ4n) is 1.51. The number of aromatic carboxylic acids is 1. The van der Waals surface area contributed by atoms with Gasteiger partial charge in [-0.2, -0.15) is 0 Å². The Kier molecular flexibility index (Phi) is 4.53. The summed E-state index contributed by atoms with van der Waals surface area (Å²) in [6.45, 7) is 7.20. The summed E-state index contributed by atoms with van der Waals surface area (Å²) in [5.41, 5.74) is 0.810. The number of carboxylic acid groups (broad SMARTS) is 1. The summed E-state index contributed by atoms with van der Waals surface area (Å²) in [5, 5.41) is 11.5. The van der Waals surface area contributed by atoms with Crippen LogP contribution in [0.1, 0.15) is 43.6 Å². The number of amides is 1. The molecule has 0 fully saturated rings. The molecule has 0 saturated heterocycles. The number of ether oxygens (including phenoxy) is 1. The zero-order valence-electron chi connectivity index (χ0n) is 11.6. The molecule has 104 valence electrons. The van der Waals surface area contributed by atoms with Crippen molar-refractivity contribution >= 4 is 17.7 Å². The predicted octanol–water partition coefficient (Wildman–Crippen LogP) is 3.29. The topological polar surface area (TPSA) is 75.6 Å². The van der Waals surface area contributed by atoms with Crippen LogP contribution < -0.4 is 5.32 Å². The zero-order valence-corrected chi connectivity index (χ0v) is 11.6. The Morgan fingerprint density at radius 3 is 2.37 bits per heavy atom. The number of carbonyl (C=O) groups excluding carboxylic acids is 1. The quantitative estimate of drug-likeness (QED) is 0.879. The monoisotopic (exact) mass is 265 g/mol. The van der Waals surface area contributed by atoms with Crippen LogP contribution in [0.25, 0.3) is 0 Å². The molecule has 0 aromatic heterocycles. The van der Waals surface area contributed by atoms with Crippen molar-refractivity contribution in [3.63, 3.8) is 0 Å². The van der Waals surface area contributed by atoms with Crippen molar-refractivity contribution in [3.05, 3.63) is 29.3 Å². The average molecular weight is 265 g/mol. The van der Waals surface area contributed by atoms with Gasteiger partial charge in [-0.25, -0.2) is 9.59 Å². The van der Waals surface area contributed by atoms with Crippen LogP contribution in [0.2, 0.25) is 0 Å². The first-order valence-electron chi connectivity index (χ1n) is 6.08. The number of benzene rings is 1. The minimum Gasteiger partial charge on any atom is -0.478 e. The van der Waals surface area contributed by atoms with E-state index in [0.717, 1.165) is 5.56 Å². The van der Waals surface area contributed by atoms with E-state index in [2.05, 4.69) is 5.32 Å². The minimum absolute atomic E-state index is 0.144. The maximum atomic E-state index is 11.6. The van der Waals surface area contributed by atoms with Gasteiger partial charge in [0.2, 0.25) is 0 Å². The molecule has 0 unspecified atom stereocenters. The highest BCUT2D eigenvalue weighted by Crippen LogP contribution is 2.17. The molecule has 1 aromatic rings. The van der Waals surface area contributed by atoms with Crippen LogP contribution in [0, 0.1) is 0 Å². The zero-order chi connectivity index (χ0) is 14.6. The fraction of sp³-hybridized carbons (Fsp3) is 0.429. The summed E-state index contributed by atoms with van der Waals surface area (Å²) in [6, 6.07) is 4.73.